The van der Waals surface area contributed by atoms with Crippen LogP contribution in [0.1, 0.15) is 67.2 Å². The van der Waals surface area contributed by atoms with E-state index in [-0.39, 0.29) is 28.7 Å². The fraction of sp³-hybridized carbons (Fsp3) is 0.905. The average Bonchev–Trinajstić information content (AvgIpc) is 2.68. The number of ether oxygens (including phenoxy) is 2. The highest BCUT2D eigenvalue weighted by atomic mass is 127. The topological polar surface area (TPSA) is 84.0 Å². The van der Waals surface area contributed by atoms with Crippen molar-refractivity contribution in [3.8, 4) is 0 Å². The first-order valence-electron chi connectivity index (χ1n) is 10.8. The molecule has 30 heavy (non-hydrogen) atoms. The van der Waals surface area contributed by atoms with E-state index in [4.69, 9.17) is 14.5 Å². The third-order valence-electron chi connectivity index (χ3n) is 5.42. The number of nitrogens with one attached hydrogen (secondary N) is 3. The molecule has 0 atom stereocenters. The van der Waals surface area contributed by atoms with Gasteiger partial charge in [0.05, 0.1) is 12.1 Å². The standard InChI is InChI=1S/C21H42N4O3S.HI/c1-8-20(9-2,25-18(26)28-19(4,5)6)15-23-17(22-10-3)24-16-21(29-7)11-13-27-14-12-21;/h8-16H2,1-7H3,(H,25,26)(H2,22,23,24);1H. The highest BCUT2D eigenvalue weighted by molar-refractivity contribution is 14.0. The van der Waals surface area contributed by atoms with Gasteiger partial charge in [0.2, 0.25) is 0 Å². The number of thioether (sulfide) groups is 1. The summed E-state index contributed by atoms with van der Waals surface area (Å²) in [5.41, 5.74) is -0.951. The molecule has 0 aromatic carbocycles. The molecule has 0 aromatic rings. The number of rotatable bonds is 9. The van der Waals surface area contributed by atoms with Crippen LogP contribution < -0.4 is 16.0 Å². The molecule has 0 aliphatic carbocycles. The number of guanidine groups is 1. The van der Waals surface area contributed by atoms with Crippen LogP contribution in [0.5, 0.6) is 0 Å². The Kier molecular flexibility index (Phi) is 13.7. The summed E-state index contributed by atoms with van der Waals surface area (Å²) in [7, 11) is 0. The molecule has 0 unspecified atom stereocenters. The molecule has 0 bridgehead atoms. The van der Waals surface area contributed by atoms with E-state index in [1.807, 2.05) is 32.5 Å². The van der Waals surface area contributed by atoms with E-state index in [2.05, 4.69) is 43.0 Å². The maximum atomic E-state index is 12.3. The van der Waals surface area contributed by atoms with Crippen molar-refractivity contribution in [2.45, 2.75) is 83.1 Å². The van der Waals surface area contributed by atoms with Crippen molar-refractivity contribution in [3.05, 3.63) is 0 Å². The van der Waals surface area contributed by atoms with E-state index >= 15 is 0 Å². The first kappa shape index (κ1) is 29.6. The van der Waals surface area contributed by atoms with Crippen LogP contribution in [0.3, 0.4) is 0 Å². The van der Waals surface area contributed by atoms with Crippen molar-refractivity contribution in [2.75, 3.05) is 39.1 Å². The molecule has 1 saturated heterocycles. The molecule has 0 spiro atoms. The van der Waals surface area contributed by atoms with E-state index in [1.54, 1.807) is 0 Å². The van der Waals surface area contributed by atoms with Crippen LogP contribution >= 0.6 is 35.7 Å². The highest BCUT2D eigenvalue weighted by Gasteiger charge is 2.33. The summed E-state index contributed by atoms with van der Waals surface area (Å²) in [4.78, 5) is 17.2. The lowest BCUT2D eigenvalue weighted by Crippen LogP contribution is -2.53. The monoisotopic (exact) mass is 558 g/mol. The minimum absolute atomic E-state index is 0. The van der Waals surface area contributed by atoms with Crippen LogP contribution in [-0.2, 0) is 9.47 Å². The largest absolute Gasteiger partial charge is 0.444 e. The Hall–Kier alpha value is -0.420. The Morgan fingerprint density at radius 3 is 2.20 bits per heavy atom. The molecule has 1 fully saturated rings. The molecule has 0 saturated carbocycles. The van der Waals surface area contributed by atoms with E-state index < -0.39 is 17.2 Å². The Balaban J connectivity index is 0.00000841. The zero-order valence-electron chi connectivity index (χ0n) is 19.9. The summed E-state index contributed by atoms with van der Waals surface area (Å²) < 4.78 is 11.2. The lowest BCUT2D eigenvalue weighted by molar-refractivity contribution is 0.0452. The average molecular weight is 559 g/mol. The zero-order chi connectivity index (χ0) is 22.0. The second-order valence-corrected chi connectivity index (χ2v) is 9.94. The van der Waals surface area contributed by atoms with Gasteiger partial charge in [-0.25, -0.2) is 4.79 Å². The molecule has 1 aliphatic rings. The van der Waals surface area contributed by atoms with Gasteiger partial charge in [-0.05, 0) is 59.6 Å². The van der Waals surface area contributed by atoms with E-state index in [0.29, 0.717) is 6.54 Å². The summed E-state index contributed by atoms with van der Waals surface area (Å²) in [6.07, 6.45) is 5.40. The van der Waals surface area contributed by atoms with Crippen LogP contribution in [0, 0.1) is 0 Å². The van der Waals surface area contributed by atoms with Gasteiger partial charge in [0.25, 0.3) is 0 Å². The molecular weight excluding hydrogens is 515 g/mol. The molecule has 1 heterocycles. The van der Waals surface area contributed by atoms with Crippen LogP contribution in [0.2, 0.25) is 0 Å². The predicted molar refractivity (Wildman–Crippen MR) is 138 cm³/mol. The summed E-state index contributed by atoms with van der Waals surface area (Å²) in [6.45, 7) is 15.5. The van der Waals surface area contributed by atoms with Gasteiger partial charge in [0.1, 0.15) is 5.60 Å². The van der Waals surface area contributed by atoms with Crippen molar-refractivity contribution in [1.82, 2.24) is 16.0 Å². The Morgan fingerprint density at radius 1 is 1.13 bits per heavy atom. The number of amides is 1. The Bertz CT molecular complexity index is 531. The number of hydrogen-bond donors (Lipinski definition) is 3. The molecule has 0 aromatic heterocycles. The van der Waals surface area contributed by atoms with Crippen LogP contribution in [0.4, 0.5) is 4.79 Å². The van der Waals surface area contributed by atoms with E-state index in [0.717, 1.165) is 57.9 Å². The second kappa shape index (κ2) is 13.9. The summed E-state index contributed by atoms with van der Waals surface area (Å²) in [5, 5.41) is 9.91. The molecule has 1 amide bonds. The van der Waals surface area contributed by atoms with Crippen molar-refractivity contribution < 1.29 is 14.3 Å². The van der Waals surface area contributed by atoms with Crippen molar-refractivity contribution in [3.63, 3.8) is 0 Å². The molecule has 9 heteroatoms. The van der Waals surface area contributed by atoms with Gasteiger partial charge in [0.15, 0.2) is 5.96 Å². The van der Waals surface area contributed by atoms with Crippen molar-refractivity contribution in [1.29, 1.82) is 0 Å². The smallest absolute Gasteiger partial charge is 0.408 e. The van der Waals surface area contributed by atoms with Gasteiger partial charge in [-0.15, -0.1) is 24.0 Å². The number of carbonyl (C=O) groups excluding carboxylic acids is 1. The quantitative estimate of drug-likeness (QED) is 0.224. The van der Waals surface area contributed by atoms with E-state index in [9.17, 15) is 4.79 Å². The Labute approximate surface area is 204 Å². The SMILES string of the molecule is CCNC(=NCC(CC)(CC)NC(=O)OC(C)(C)C)NCC1(SC)CCOCC1.I. The van der Waals surface area contributed by atoms with Crippen molar-refractivity contribution >= 4 is 47.8 Å². The van der Waals surface area contributed by atoms with Gasteiger partial charge in [-0.3, -0.25) is 4.99 Å². The lowest BCUT2D eigenvalue weighted by atomic mass is 9.93. The van der Waals surface area contributed by atoms with Gasteiger partial charge >= 0.3 is 6.09 Å². The predicted octanol–water partition coefficient (Wildman–Crippen LogP) is 4.16. The molecule has 0 radical (unpaired) electrons. The van der Waals surface area contributed by atoms with Crippen LogP contribution in [-0.4, -0.2) is 67.0 Å². The van der Waals surface area contributed by atoms with E-state index in [1.165, 1.54) is 0 Å². The molecule has 1 rings (SSSR count). The summed E-state index contributed by atoms with van der Waals surface area (Å²) in [6, 6.07) is 0. The fourth-order valence-corrected chi connectivity index (χ4v) is 4.01. The van der Waals surface area contributed by atoms with Crippen molar-refractivity contribution in [2.24, 2.45) is 4.99 Å². The Morgan fingerprint density at radius 2 is 1.73 bits per heavy atom. The molecule has 3 N–H and O–H groups in total. The highest BCUT2D eigenvalue weighted by Crippen LogP contribution is 2.33. The number of nitrogens with zero attached hydrogens (tertiary/aromatic N) is 1. The third-order valence-corrected chi connectivity index (χ3v) is 6.84. The summed E-state index contributed by atoms with van der Waals surface area (Å²) in [5.74, 6) is 0.782. The fourth-order valence-electron chi connectivity index (χ4n) is 3.22. The van der Waals surface area contributed by atoms with Gasteiger partial charge < -0.3 is 25.4 Å². The minimum Gasteiger partial charge on any atom is -0.444 e. The first-order chi connectivity index (χ1) is 13.6. The van der Waals surface area contributed by atoms with Crippen LogP contribution in [0.25, 0.3) is 0 Å². The van der Waals surface area contributed by atoms with Gasteiger partial charge in [-0.2, -0.15) is 11.8 Å². The van der Waals surface area contributed by atoms with Gasteiger partial charge in [-0.1, -0.05) is 13.8 Å². The third kappa shape index (κ3) is 10.3. The maximum absolute atomic E-state index is 12.3. The minimum atomic E-state index is -0.521. The van der Waals surface area contributed by atoms with Gasteiger partial charge in [0, 0.05) is 31.1 Å². The molecular formula is C21H43IN4O3S. The van der Waals surface area contributed by atoms with Crippen LogP contribution in [0.15, 0.2) is 4.99 Å². The second-order valence-electron chi connectivity index (χ2n) is 8.66. The molecule has 178 valence electrons. The summed E-state index contributed by atoms with van der Waals surface area (Å²) >= 11 is 1.90. The number of aliphatic imine (C=N–C) groups is 1. The zero-order valence-corrected chi connectivity index (χ0v) is 23.0. The molecule has 1 aliphatic heterocycles. The number of hydrogen-bond acceptors (Lipinski definition) is 5. The maximum Gasteiger partial charge on any atom is 0.408 e. The lowest BCUT2D eigenvalue weighted by Gasteiger charge is -2.36. The number of carbonyl (C=O) groups is 1. The molecule has 7 nitrogen and oxygen atoms in total. The number of alkyl carbamates (subject to hydrolysis) is 1. The first-order valence-corrected chi connectivity index (χ1v) is 12.0. The number of halogens is 1. The normalized spacial score (nSPS) is 17.0.